The molecule has 1 N–H and O–H groups in total. The molecule has 0 radical (unpaired) electrons. The highest BCUT2D eigenvalue weighted by atomic mass is 16.5. The van der Waals surface area contributed by atoms with E-state index in [2.05, 4.69) is 21.1 Å². The predicted octanol–water partition coefficient (Wildman–Crippen LogP) is 2.57. The van der Waals surface area contributed by atoms with Gasteiger partial charge in [-0.1, -0.05) is 26.0 Å². The lowest BCUT2D eigenvalue weighted by atomic mass is 10.1. The van der Waals surface area contributed by atoms with E-state index in [0.717, 1.165) is 12.0 Å². The highest BCUT2D eigenvalue weighted by Gasteiger charge is 2.22. The number of aromatic amines is 1. The monoisotopic (exact) mass is 351 g/mol. The zero-order chi connectivity index (χ0) is 18.5. The minimum atomic E-state index is -0.198. The van der Waals surface area contributed by atoms with Gasteiger partial charge >= 0.3 is 0 Å². The van der Waals surface area contributed by atoms with E-state index in [0.29, 0.717) is 42.1 Å². The summed E-state index contributed by atoms with van der Waals surface area (Å²) in [5, 5.41) is 13.8. The molecule has 0 bridgehead atoms. The van der Waals surface area contributed by atoms with E-state index in [1.807, 2.05) is 26.0 Å². The highest BCUT2D eigenvalue weighted by molar-refractivity contribution is 5.73. The second kappa shape index (κ2) is 7.93. The van der Waals surface area contributed by atoms with E-state index in [9.17, 15) is 4.79 Å². The first kappa shape index (κ1) is 17.8. The average Bonchev–Trinajstić information content (AvgIpc) is 3.33. The molecule has 7 nitrogen and oxygen atoms in total. The van der Waals surface area contributed by atoms with Gasteiger partial charge in [0.05, 0.1) is 30.5 Å². The molecule has 0 spiro atoms. The zero-order valence-electron chi connectivity index (χ0n) is 14.9. The summed E-state index contributed by atoms with van der Waals surface area (Å²) >= 11 is 0. The number of nitrogens with zero attached hydrogens (tertiary/aromatic N) is 4. The first-order valence-corrected chi connectivity index (χ1v) is 8.78. The molecule has 2 aromatic heterocycles. The molecule has 1 aliphatic rings. The van der Waals surface area contributed by atoms with Crippen LogP contribution in [0.3, 0.4) is 0 Å². The molecule has 1 aliphatic heterocycles. The Morgan fingerprint density at radius 3 is 3.00 bits per heavy atom. The van der Waals surface area contributed by atoms with Gasteiger partial charge in [0.2, 0.25) is 0 Å². The predicted molar refractivity (Wildman–Crippen MR) is 97.9 cm³/mol. The van der Waals surface area contributed by atoms with Crippen molar-refractivity contribution in [2.45, 2.75) is 32.7 Å². The Labute approximate surface area is 151 Å². The lowest BCUT2D eigenvalue weighted by Gasteiger charge is -2.09. The molecule has 134 valence electrons. The van der Waals surface area contributed by atoms with Gasteiger partial charge in [0.25, 0.3) is 5.56 Å². The van der Waals surface area contributed by atoms with Crippen LogP contribution in [0.1, 0.15) is 43.3 Å². The number of nitrogens with one attached hydrogen (secondary N) is 1. The molecular weight excluding hydrogens is 330 g/mol. The van der Waals surface area contributed by atoms with E-state index in [1.165, 1.54) is 0 Å². The van der Waals surface area contributed by atoms with Crippen molar-refractivity contribution in [1.29, 1.82) is 5.26 Å². The summed E-state index contributed by atoms with van der Waals surface area (Å²) in [7, 11) is 0. The van der Waals surface area contributed by atoms with Crippen LogP contribution < -0.4 is 5.56 Å². The number of benzene rings is 1. The smallest absolute Gasteiger partial charge is 0.262 e. The molecule has 3 aromatic rings. The van der Waals surface area contributed by atoms with Crippen molar-refractivity contribution in [2.75, 3.05) is 13.2 Å². The van der Waals surface area contributed by atoms with Gasteiger partial charge in [0, 0.05) is 13.0 Å². The Morgan fingerprint density at radius 2 is 2.27 bits per heavy atom. The van der Waals surface area contributed by atoms with Gasteiger partial charge in [0.1, 0.15) is 11.2 Å². The van der Waals surface area contributed by atoms with E-state index in [1.54, 1.807) is 23.0 Å². The summed E-state index contributed by atoms with van der Waals surface area (Å²) in [6, 6.07) is 9.51. The van der Waals surface area contributed by atoms with E-state index >= 15 is 0 Å². The maximum atomic E-state index is 12.3. The molecule has 0 amide bonds. The minimum absolute atomic E-state index is 0.117. The number of rotatable bonds is 3. The van der Waals surface area contributed by atoms with Crippen LogP contribution in [0.2, 0.25) is 0 Å². The van der Waals surface area contributed by atoms with E-state index in [-0.39, 0.29) is 11.6 Å². The number of hydrogen-bond donors (Lipinski definition) is 1. The molecule has 0 aliphatic carbocycles. The summed E-state index contributed by atoms with van der Waals surface area (Å²) in [5.74, 6) is 0.559. The Balaban J connectivity index is 0.000000948. The third kappa shape index (κ3) is 3.51. The highest BCUT2D eigenvalue weighted by Crippen LogP contribution is 2.21. The fourth-order valence-corrected chi connectivity index (χ4v) is 2.99. The second-order valence-electron chi connectivity index (χ2n) is 5.85. The van der Waals surface area contributed by atoms with Gasteiger partial charge in [-0.3, -0.25) is 4.79 Å². The van der Waals surface area contributed by atoms with Gasteiger partial charge < -0.3 is 9.72 Å². The number of H-pyrrole nitrogens is 1. The molecule has 0 saturated carbocycles. The Bertz CT molecular complexity index is 993. The molecular formula is C19H21N5O2. The Hall–Kier alpha value is -2.98. The average molecular weight is 351 g/mol. The van der Waals surface area contributed by atoms with Crippen molar-refractivity contribution in [1.82, 2.24) is 19.7 Å². The molecule has 1 aromatic carbocycles. The second-order valence-corrected chi connectivity index (χ2v) is 5.85. The molecule has 4 rings (SSSR count). The number of hydrogen-bond acceptors (Lipinski definition) is 5. The van der Waals surface area contributed by atoms with Crippen LogP contribution in [0.5, 0.6) is 0 Å². The summed E-state index contributed by atoms with van der Waals surface area (Å²) in [6.07, 6.45) is 2.87. The SMILES string of the molecule is CC.N#Cc1cccc(Cc2nc3c(cnn3C3CCOC3)c(=O)[nH]2)c1. The Morgan fingerprint density at radius 1 is 1.42 bits per heavy atom. The molecule has 1 saturated heterocycles. The number of aromatic nitrogens is 4. The minimum Gasteiger partial charge on any atom is -0.379 e. The van der Waals surface area contributed by atoms with Crippen molar-refractivity contribution >= 4 is 11.0 Å². The van der Waals surface area contributed by atoms with Crippen molar-refractivity contribution < 1.29 is 4.74 Å². The summed E-state index contributed by atoms with van der Waals surface area (Å²) in [4.78, 5) is 19.7. The van der Waals surface area contributed by atoms with Gasteiger partial charge in [-0.2, -0.15) is 10.4 Å². The van der Waals surface area contributed by atoms with E-state index in [4.69, 9.17) is 10.00 Å². The molecule has 7 heteroatoms. The largest absolute Gasteiger partial charge is 0.379 e. The van der Waals surface area contributed by atoms with Crippen LogP contribution in [0.15, 0.2) is 35.3 Å². The lowest BCUT2D eigenvalue weighted by molar-refractivity contribution is 0.185. The van der Waals surface area contributed by atoms with Crippen LogP contribution in [-0.2, 0) is 11.2 Å². The number of fused-ring (bicyclic) bond motifs is 1. The topological polar surface area (TPSA) is 96.6 Å². The van der Waals surface area contributed by atoms with Crippen molar-refractivity contribution in [3.8, 4) is 6.07 Å². The van der Waals surface area contributed by atoms with Crippen molar-refractivity contribution in [2.24, 2.45) is 0 Å². The lowest BCUT2D eigenvalue weighted by Crippen LogP contribution is -2.15. The third-order valence-corrected chi connectivity index (χ3v) is 4.19. The molecule has 1 atom stereocenters. The maximum Gasteiger partial charge on any atom is 0.262 e. The summed E-state index contributed by atoms with van der Waals surface area (Å²) in [5.41, 5.74) is 1.90. The summed E-state index contributed by atoms with van der Waals surface area (Å²) in [6.45, 7) is 5.29. The van der Waals surface area contributed by atoms with Crippen LogP contribution in [-0.4, -0.2) is 33.0 Å². The van der Waals surface area contributed by atoms with Crippen molar-refractivity contribution in [3.63, 3.8) is 0 Å². The number of nitriles is 1. The number of ether oxygens (including phenoxy) is 1. The van der Waals surface area contributed by atoms with Gasteiger partial charge in [-0.05, 0) is 24.1 Å². The first-order valence-electron chi connectivity index (χ1n) is 8.78. The third-order valence-electron chi connectivity index (χ3n) is 4.19. The quantitative estimate of drug-likeness (QED) is 0.782. The fourth-order valence-electron chi connectivity index (χ4n) is 2.99. The molecule has 26 heavy (non-hydrogen) atoms. The van der Waals surface area contributed by atoms with Crippen LogP contribution in [0.4, 0.5) is 0 Å². The van der Waals surface area contributed by atoms with Crippen LogP contribution in [0, 0.1) is 11.3 Å². The normalized spacial score (nSPS) is 16.1. The van der Waals surface area contributed by atoms with Gasteiger partial charge in [-0.15, -0.1) is 0 Å². The summed E-state index contributed by atoms with van der Waals surface area (Å²) < 4.78 is 7.19. The van der Waals surface area contributed by atoms with Crippen LogP contribution >= 0.6 is 0 Å². The first-order chi connectivity index (χ1) is 12.7. The fraction of sp³-hybridized carbons (Fsp3) is 0.368. The molecule has 1 fully saturated rings. The standard InChI is InChI=1S/C17H15N5O2.C2H6/c18-8-12-3-1-2-11(6-12)7-15-20-16-14(17(23)21-15)9-19-22(16)13-4-5-24-10-13;1-2/h1-3,6,9,13H,4-5,7,10H2,(H,20,21,23);1-2H3. The zero-order valence-corrected chi connectivity index (χ0v) is 14.9. The molecule has 1 unspecified atom stereocenters. The van der Waals surface area contributed by atoms with Crippen molar-refractivity contribution in [3.05, 3.63) is 57.8 Å². The van der Waals surface area contributed by atoms with E-state index < -0.39 is 0 Å². The Kier molecular flexibility index (Phi) is 5.44. The van der Waals surface area contributed by atoms with Crippen LogP contribution in [0.25, 0.3) is 11.0 Å². The van der Waals surface area contributed by atoms with Gasteiger partial charge in [0.15, 0.2) is 5.65 Å². The molecule has 3 heterocycles. The van der Waals surface area contributed by atoms with Gasteiger partial charge in [-0.25, -0.2) is 9.67 Å². The maximum absolute atomic E-state index is 12.3.